The molecule has 0 N–H and O–H groups in total. The molecule has 0 saturated heterocycles. The van der Waals surface area contributed by atoms with Gasteiger partial charge in [-0.25, -0.2) is 4.98 Å². The van der Waals surface area contributed by atoms with Crippen LogP contribution in [0.3, 0.4) is 0 Å². The maximum atomic E-state index is 12.8. The molecule has 0 aliphatic rings. The zero-order chi connectivity index (χ0) is 15.4. The molecule has 2 aromatic carbocycles. The molecule has 0 unspecified atom stereocenters. The quantitative estimate of drug-likeness (QED) is 0.734. The largest absolute Gasteiger partial charge is 0.436 e. The molecule has 0 atom stereocenters. The molecule has 1 amide bonds. The van der Waals surface area contributed by atoms with Crippen LogP contribution in [0.4, 0.5) is 5.69 Å². The number of rotatable bonds is 4. The Morgan fingerprint density at radius 1 is 1.05 bits per heavy atom. The summed E-state index contributed by atoms with van der Waals surface area (Å²) in [5, 5.41) is 0. The minimum Gasteiger partial charge on any atom is -0.436 e. The summed E-state index contributed by atoms with van der Waals surface area (Å²) in [5.74, 6) is 0.531. The average molecular weight is 292 g/mol. The molecular weight excluding hydrogens is 276 g/mol. The van der Waals surface area contributed by atoms with Gasteiger partial charge in [-0.3, -0.25) is 4.79 Å². The number of carbonyl (C=O) groups excluding carboxylic acids is 1. The molecule has 0 aliphatic heterocycles. The van der Waals surface area contributed by atoms with Crippen LogP contribution in [0.1, 0.15) is 22.0 Å². The molecule has 1 aromatic heterocycles. The highest BCUT2D eigenvalue weighted by molar-refractivity contribution is 6.03. The van der Waals surface area contributed by atoms with Crippen LogP contribution in [0.15, 0.2) is 71.3 Å². The second kappa shape index (κ2) is 6.26. The van der Waals surface area contributed by atoms with Crippen molar-refractivity contribution in [3.8, 4) is 0 Å². The summed E-state index contributed by atoms with van der Waals surface area (Å²) >= 11 is 0. The second-order valence-electron chi connectivity index (χ2n) is 4.96. The monoisotopic (exact) mass is 292 g/mol. The predicted molar refractivity (Wildman–Crippen MR) is 84.6 cm³/mol. The Hall–Kier alpha value is -2.88. The Bertz CT molecular complexity index is 751. The van der Waals surface area contributed by atoms with Gasteiger partial charge in [-0.05, 0) is 17.7 Å². The smallest absolute Gasteiger partial charge is 0.296 e. The Morgan fingerprint density at radius 2 is 1.68 bits per heavy atom. The zero-order valence-corrected chi connectivity index (χ0v) is 12.3. The van der Waals surface area contributed by atoms with Gasteiger partial charge in [0.25, 0.3) is 5.91 Å². The van der Waals surface area contributed by atoms with Gasteiger partial charge in [-0.2, -0.15) is 0 Å². The molecule has 0 aliphatic carbocycles. The van der Waals surface area contributed by atoms with Crippen molar-refractivity contribution in [1.82, 2.24) is 4.98 Å². The number of benzene rings is 2. The number of hydrogen-bond donors (Lipinski definition) is 0. The Labute approximate surface area is 129 Å². The topological polar surface area (TPSA) is 46.3 Å². The van der Waals surface area contributed by atoms with Gasteiger partial charge < -0.3 is 9.32 Å². The van der Waals surface area contributed by atoms with E-state index in [0.29, 0.717) is 12.4 Å². The number of nitrogens with zero attached hydrogens (tertiary/aromatic N) is 2. The summed E-state index contributed by atoms with van der Waals surface area (Å²) in [5.41, 5.74) is 1.88. The first-order valence-electron chi connectivity index (χ1n) is 7.07. The highest BCUT2D eigenvalue weighted by atomic mass is 16.4. The summed E-state index contributed by atoms with van der Waals surface area (Å²) in [6, 6.07) is 19.4. The molecule has 3 rings (SSSR count). The molecule has 0 spiro atoms. The number of aryl methyl sites for hydroxylation is 1. The number of aromatic nitrogens is 1. The summed E-state index contributed by atoms with van der Waals surface area (Å²) in [6.45, 7) is 2.20. The molecular formula is C18H16N2O2. The van der Waals surface area contributed by atoms with Crippen LogP contribution >= 0.6 is 0 Å². The third-order valence-corrected chi connectivity index (χ3v) is 3.33. The van der Waals surface area contributed by atoms with Crippen LogP contribution in [0.25, 0.3) is 0 Å². The van der Waals surface area contributed by atoms with Crippen LogP contribution in [-0.4, -0.2) is 10.9 Å². The normalized spacial score (nSPS) is 10.4. The molecule has 0 radical (unpaired) electrons. The maximum Gasteiger partial charge on any atom is 0.296 e. The van der Waals surface area contributed by atoms with Crippen molar-refractivity contribution < 1.29 is 9.21 Å². The molecule has 4 heteroatoms. The highest BCUT2D eigenvalue weighted by Crippen LogP contribution is 2.20. The van der Waals surface area contributed by atoms with Gasteiger partial charge in [0.2, 0.25) is 5.76 Å². The van der Waals surface area contributed by atoms with E-state index in [1.807, 2.05) is 60.7 Å². The predicted octanol–water partition coefficient (Wildman–Crippen LogP) is 3.83. The van der Waals surface area contributed by atoms with E-state index in [0.717, 1.165) is 11.3 Å². The van der Waals surface area contributed by atoms with Gasteiger partial charge >= 0.3 is 0 Å². The standard InChI is InChI=1S/C18H16N2O2/c1-14-19-12-17(22-14)18(21)20(16-10-6-3-7-11-16)13-15-8-4-2-5-9-15/h2-12H,13H2,1H3. The van der Waals surface area contributed by atoms with E-state index in [9.17, 15) is 4.79 Å². The minimum atomic E-state index is -0.198. The second-order valence-corrected chi connectivity index (χ2v) is 4.96. The molecule has 1 heterocycles. The van der Waals surface area contributed by atoms with Gasteiger partial charge in [-0.15, -0.1) is 0 Å². The fourth-order valence-electron chi connectivity index (χ4n) is 2.25. The van der Waals surface area contributed by atoms with E-state index in [1.165, 1.54) is 6.20 Å². The van der Waals surface area contributed by atoms with E-state index in [-0.39, 0.29) is 11.7 Å². The van der Waals surface area contributed by atoms with Crippen molar-refractivity contribution >= 4 is 11.6 Å². The first kappa shape index (κ1) is 14.1. The molecule has 3 aromatic rings. The van der Waals surface area contributed by atoms with E-state index in [4.69, 9.17) is 4.42 Å². The number of anilines is 1. The lowest BCUT2D eigenvalue weighted by Gasteiger charge is -2.21. The molecule has 110 valence electrons. The average Bonchev–Trinajstić information content (AvgIpc) is 3.00. The van der Waals surface area contributed by atoms with Gasteiger partial charge in [-0.1, -0.05) is 48.5 Å². The number of oxazole rings is 1. The van der Waals surface area contributed by atoms with Crippen molar-refractivity contribution in [2.45, 2.75) is 13.5 Å². The molecule has 0 bridgehead atoms. The Morgan fingerprint density at radius 3 is 2.27 bits per heavy atom. The lowest BCUT2D eigenvalue weighted by Crippen LogP contribution is -2.30. The van der Waals surface area contributed by atoms with E-state index in [2.05, 4.69) is 4.98 Å². The van der Waals surface area contributed by atoms with Crippen LogP contribution < -0.4 is 4.90 Å². The summed E-state index contributed by atoms with van der Waals surface area (Å²) < 4.78 is 5.38. The molecule has 0 fully saturated rings. The number of amides is 1. The molecule has 4 nitrogen and oxygen atoms in total. The van der Waals surface area contributed by atoms with Gasteiger partial charge in [0, 0.05) is 12.6 Å². The summed E-state index contributed by atoms with van der Waals surface area (Å²) in [4.78, 5) is 18.5. The minimum absolute atomic E-state index is 0.198. The van der Waals surface area contributed by atoms with E-state index < -0.39 is 0 Å². The molecule has 22 heavy (non-hydrogen) atoms. The highest BCUT2D eigenvalue weighted by Gasteiger charge is 2.21. The number of carbonyl (C=O) groups is 1. The van der Waals surface area contributed by atoms with Crippen LogP contribution in [0, 0.1) is 6.92 Å². The van der Waals surface area contributed by atoms with Crippen LogP contribution in [0.5, 0.6) is 0 Å². The van der Waals surface area contributed by atoms with Crippen molar-refractivity contribution in [3.05, 3.63) is 84.1 Å². The van der Waals surface area contributed by atoms with Gasteiger partial charge in [0.15, 0.2) is 5.89 Å². The summed E-state index contributed by atoms with van der Waals surface area (Å²) in [7, 11) is 0. The van der Waals surface area contributed by atoms with Gasteiger partial charge in [0.1, 0.15) is 0 Å². The fourth-order valence-corrected chi connectivity index (χ4v) is 2.25. The van der Waals surface area contributed by atoms with Gasteiger partial charge in [0.05, 0.1) is 12.7 Å². The van der Waals surface area contributed by atoms with Crippen molar-refractivity contribution in [3.63, 3.8) is 0 Å². The third kappa shape index (κ3) is 3.06. The van der Waals surface area contributed by atoms with Crippen LogP contribution in [-0.2, 0) is 6.54 Å². The fraction of sp³-hybridized carbons (Fsp3) is 0.111. The van der Waals surface area contributed by atoms with Crippen molar-refractivity contribution in [2.75, 3.05) is 4.90 Å². The molecule has 0 saturated carbocycles. The van der Waals surface area contributed by atoms with E-state index in [1.54, 1.807) is 11.8 Å². The number of hydrogen-bond acceptors (Lipinski definition) is 3. The first-order valence-corrected chi connectivity index (χ1v) is 7.07. The Balaban J connectivity index is 1.94. The van der Waals surface area contributed by atoms with Crippen molar-refractivity contribution in [1.29, 1.82) is 0 Å². The first-order chi connectivity index (χ1) is 10.7. The van der Waals surface area contributed by atoms with Crippen molar-refractivity contribution in [2.24, 2.45) is 0 Å². The Kier molecular flexibility index (Phi) is 4.01. The summed E-state index contributed by atoms with van der Waals surface area (Å²) in [6.07, 6.45) is 1.47. The van der Waals surface area contributed by atoms with E-state index >= 15 is 0 Å². The SMILES string of the molecule is Cc1ncc(C(=O)N(Cc2ccccc2)c2ccccc2)o1. The van der Waals surface area contributed by atoms with Crippen LogP contribution in [0.2, 0.25) is 0 Å². The number of para-hydroxylation sites is 1. The zero-order valence-electron chi connectivity index (χ0n) is 12.3. The lowest BCUT2D eigenvalue weighted by atomic mass is 10.2. The maximum absolute atomic E-state index is 12.8. The third-order valence-electron chi connectivity index (χ3n) is 3.33. The lowest BCUT2D eigenvalue weighted by molar-refractivity contribution is 0.0957.